The van der Waals surface area contributed by atoms with E-state index < -0.39 is 0 Å². The van der Waals surface area contributed by atoms with Crippen molar-refractivity contribution in [2.75, 3.05) is 11.9 Å². The van der Waals surface area contributed by atoms with Crippen LogP contribution in [-0.2, 0) is 14.3 Å². The lowest BCUT2D eigenvalue weighted by Gasteiger charge is -2.08. The fourth-order valence-electron chi connectivity index (χ4n) is 3.00. The Hall–Kier alpha value is -2.21. The van der Waals surface area contributed by atoms with Gasteiger partial charge in [-0.15, -0.1) is 11.3 Å². The lowest BCUT2D eigenvalue weighted by Crippen LogP contribution is -2.21. The summed E-state index contributed by atoms with van der Waals surface area (Å²) in [4.78, 5) is 28.1. The number of esters is 1. The average molecular weight is 358 g/mol. The van der Waals surface area contributed by atoms with Crippen LogP contribution >= 0.6 is 11.3 Å². The quantitative estimate of drug-likeness (QED) is 0.787. The van der Waals surface area contributed by atoms with E-state index in [0.29, 0.717) is 17.5 Å². The number of thiazole rings is 1. The van der Waals surface area contributed by atoms with Crippen molar-refractivity contribution >= 4 is 28.3 Å². The number of aromatic nitrogens is 1. The summed E-state index contributed by atoms with van der Waals surface area (Å²) < 4.78 is 5.07. The summed E-state index contributed by atoms with van der Waals surface area (Å²) in [6.07, 6.45) is 4.96. The first kappa shape index (κ1) is 17.6. The van der Waals surface area contributed by atoms with E-state index in [4.69, 9.17) is 4.74 Å². The number of ether oxygens (including phenoxy) is 1. The van der Waals surface area contributed by atoms with Crippen molar-refractivity contribution in [3.8, 4) is 11.3 Å². The van der Waals surface area contributed by atoms with Crippen LogP contribution in [0.25, 0.3) is 11.3 Å². The number of rotatable bonds is 6. The van der Waals surface area contributed by atoms with Gasteiger partial charge in [-0.05, 0) is 25.7 Å². The Morgan fingerprint density at radius 2 is 1.96 bits per heavy atom. The summed E-state index contributed by atoms with van der Waals surface area (Å²) in [6, 6.07) is 8.05. The second kappa shape index (κ2) is 8.25. The summed E-state index contributed by atoms with van der Waals surface area (Å²) in [5.74, 6) is -0.224. The molecule has 1 aromatic carbocycles. The van der Waals surface area contributed by atoms with Crippen molar-refractivity contribution in [3.05, 3.63) is 35.2 Å². The number of carbonyl (C=O) groups excluding carboxylic acids is 2. The summed E-state index contributed by atoms with van der Waals surface area (Å²) in [6.45, 7) is 1.77. The Morgan fingerprint density at radius 3 is 2.68 bits per heavy atom. The van der Waals surface area contributed by atoms with Gasteiger partial charge in [0.15, 0.2) is 11.7 Å². The van der Waals surface area contributed by atoms with Gasteiger partial charge in [-0.25, -0.2) is 4.98 Å². The third-order valence-electron chi connectivity index (χ3n) is 4.39. The maximum atomic E-state index is 11.9. The van der Waals surface area contributed by atoms with Crippen LogP contribution in [0.1, 0.15) is 37.7 Å². The molecule has 0 unspecified atom stereocenters. The van der Waals surface area contributed by atoms with Gasteiger partial charge in [-0.1, -0.05) is 42.7 Å². The lowest BCUT2D eigenvalue weighted by atomic mass is 10.1. The van der Waals surface area contributed by atoms with Crippen LogP contribution < -0.4 is 5.32 Å². The normalized spacial score (nSPS) is 14.4. The highest BCUT2D eigenvalue weighted by atomic mass is 32.1. The van der Waals surface area contributed by atoms with E-state index in [1.54, 1.807) is 0 Å². The van der Waals surface area contributed by atoms with Gasteiger partial charge in [0.25, 0.3) is 5.91 Å². The molecule has 1 heterocycles. The molecular weight excluding hydrogens is 336 g/mol. The van der Waals surface area contributed by atoms with Crippen molar-refractivity contribution in [1.29, 1.82) is 0 Å². The molecule has 5 nitrogen and oxygen atoms in total. The first-order chi connectivity index (χ1) is 12.1. The molecule has 3 rings (SSSR count). The molecule has 0 spiro atoms. The SMILES string of the molecule is Cc1ccc(-c2csc(NC(=O)COC(=O)CC3CCCC3)n2)cc1. The van der Waals surface area contributed by atoms with Crippen LogP contribution in [0, 0.1) is 12.8 Å². The largest absolute Gasteiger partial charge is 0.456 e. The molecular formula is C19H22N2O3S. The van der Waals surface area contributed by atoms with Crippen LogP contribution in [0.4, 0.5) is 5.13 Å². The minimum atomic E-state index is -0.357. The number of benzene rings is 1. The summed E-state index contributed by atoms with van der Waals surface area (Å²) in [7, 11) is 0. The molecule has 1 N–H and O–H groups in total. The molecule has 2 aromatic rings. The predicted molar refractivity (Wildman–Crippen MR) is 98.5 cm³/mol. The zero-order valence-electron chi connectivity index (χ0n) is 14.3. The smallest absolute Gasteiger partial charge is 0.306 e. The van der Waals surface area contributed by atoms with Gasteiger partial charge < -0.3 is 4.74 Å². The molecule has 0 aliphatic heterocycles. The van der Waals surface area contributed by atoms with Gasteiger partial charge in [0.05, 0.1) is 5.69 Å². The number of nitrogens with zero attached hydrogens (tertiary/aromatic N) is 1. The van der Waals surface area contributed by atoms with E-state index in [0.717, 1.165) is 24.1 Å². The highest BCUT2D eigenvalue weighted by Crippen LogP contribution is 2.28. The monoisotopic (exact) mass is 358 g/mol. The number of nitrogens with one attached hydrogen (secondary N) is 1. The number of anilines is 1. The maximum absolute atomic E-state index is 11.9. The van der Waals surface area contributed by atoms with Crippen molar-refractivity contribution < 1.29 is 14.3 Å². The number of aryl methyl sites for hydroxylation is 1. The molecule has 0 saturated heterocycles. The third-order valence-corrected chi connectivity index (χ3v) is 5.15. The Morgan fingerprint density at radius 1 is 1.24 bits per heavy atom. The van der Waals surface area contributed by atoms with E-state index in [2.05, 4.69) is 10.3 Å². The Balaban J connectivity index is 1.46. The third kappa shape index (κ3) is 5.13. The van der Waals surface area contributed by atoms with Gasteiger partial charge in [-0.2, -0.15) is 0 Å². The molecule has 6 heteroatoms. The van der Waals surface area contributed by atoms with Crippen molar-refractivity contribution in [2.24, 2.45) is 5.92 Å². The van der Waals surface area contributed by atoms with E-state index in [1.807, 2.05) is 36.6 Å². The van der Waals surface area contributed by atoms with Gasteiger partial charge in [0.1, 0.15) is 0 Å². The van der Waals surface area contributed by atoms with Gasteiger partial charge >= 0.3 is 5.97 Å². The molecule has 0 atom stereocenters. The number of hydrogen-bond acceptors (Lipinski definition) is 5. The van der Waals surface area contributed by atoms with Crippen LogP contribution in [0.3, 0.4) is 0 Å². The van der Waals surface area contributed by atoms with Gasteiger partial charge in [0, 0.05) is 17.4 Å². The van der Waals surface area contributed by atoms with E-state index in [-0.39, 0.29) is 18.5 Å². The number of amides is 1. The first-order valence-electron chi connectivity index (χ1n) is 8.58. The molecule has 1 aliphatic rings. The molecule has 132 valence electrons. The average Bonchev–Trinajstić information content (AvgIpc) is 3.26. The van der Waals surface area contributed by atoms with Gasteiger partial charge in [-0.3, -0.25) is 14.9 Å². The Kier molecular flexibility index (Phi) is 5.81. The van der Waals surface area contributed by atoms with Crippen LogP contribution in [0.15, 0.2) is 29.6 Å². The number of carbonyl (C=O) groups is 2. The molecule has 25 heavy (non-hydrogen) atoms. The molecule has 1 fully saturated rings. The lowest BCUT2D eigenvalue weighted by molar-refractivity contribution is -0.148. The fourth-order valence-corrected chi connectivity index (χ4v) is 3.73. The minimum absolute atomic E-state index is 0.259. The van der Waals surface area contributed by atoms with Crippen LogP contribution in [-0.4, -0.2) is 23.5 Å². The van der Waals surface area contributed by atoms with Crippen molar-refractivity contribution in [2.45, 2.75) is 39.0 Å². The predicted octanol–water partition coefficient (Wildman–Crippen LogP) is 4.18. The fraction of sp³-hybridized carbons (Fsp3) is 0.421. The molecule has 0 bridgehead atoms. The Labute approximate surface area is 151 Å². The minimum Gasteiger partial charge on any atom is -0.456 e. The number of hydrogen-bond donors (Lipinski definition) is 1. The summed E-state index contributed by atoms with van der Waals surface area (Å²) in [5.41, 5.74) is 3.01. The zero-order valence-corrected chi connectivity index (χ0v) is 15.1. The molecule has 1 aromatic heterocycles. The summed E-state index contributed by atoms with van der Waals surface area (Å²) in [5, 5.41) is 5.09. The molecule has 0 radical (unpaired) electrons. The highest BCUT2D eigenvalue weighted by molar-refractivity contribution is 7.14. The van der Waals surface area contributed by atoms with Crippen molar-refractivity contribution in [1.82, 2.24) is 4.98 Å². The second-order valence-electron chi connectivity index (χ2n) is 6.47. The highest BCUT2D eigenvalue weighted by Gasteiger charge is 2.20. The Bertz CT molecular complexity index is 733. The van der Waals surface area contributed by atoms with E-state index >= 15 is 0 Å². The van der Waals surface area contributed by atoms with Crippen LogP contribution in [0.5, 0.6) is 0 Å². The van der Waals surface area contributed by atoms with Gasteiger partial charge in [0.2, 0.25) is 0 Å². The standard InChI is InChI=1S/C19H22N2O3S/c1-13-6-8-15(9-7-13)16-12-25-19(20-16)21-17(22)11-24-18(23)10-14-4-2-3-5-14/h6-9,12,14H,2-5,10-11H2,1H3,(H,20,21,22). The topological polar surface area (TPSA) is 68.3 Å². The maximum Gasteiger partial charge on any atom is 0.306 e. The first-order valence-corrected chi connectivity index (χ1v) is 9.46. The van der Waals surface area contributed by atoms with Crippen LogP contribution in [0.2, 0.25) is 0 Å². The van der Waals surface area contributed by atoms with E-state index in [9.17, 15) is 9.59 Å². The van der Waals surface area contributed by atoms with Crippen molar-refractivity contribution in [3.63, 3.8) is 0 Å². The summed E-state index contributed by atoms with van der Waals surface area (Å²) >= 11 is 1.35. The zero-order chi connectivity index (χ0) is 17.6. The molecule has 1 aliphatic carbocycles. The second-order valence-corrected chi connectivity index (χ2v) is 7.33. The molecule has 1 amide bonds. The van der Waals surface area contributed by atoms with E-state index in [1.165, 1.54) is 29.7 Å². The molecule has 1 saturated carbocycles.